The molecule has 2 aliphatic heterocycles. The van der Waals surface area contributed by atoms with Gasteiger partial charge >= 0.3 is 35.8 Å². The first kappa shape index (κ1) is 51.6. The molecule has 2 atom stereocenters. The zero-order valence-electron chi connectivity index (χ0n) is 34.7. The van der Waals surface area contributed by atoms with E-state index in [2.05, 4.69) is 10.6 Å². The molecule has 0 radical (unpaired) electrons. The molecule has 0 aromatic heterocycles. The van der Waals surface area contributed by atoms with Crippen LogP contribution in [0.1, 0.15) is 12.8 Å². The SMILES string of the molecule is CN(CCN(C)C(=O)C(CC(=O)O)N1CCNCCN(CC(=O)O)CCN(CC(=O)O)CC1)C(=O)C(CC(=O)O)N1CCNCCN(CC(=O)O)CCN(CC(=O)O)CC1. The van der Waals surface area contributed by atoms with Gasteiger partial charge in [0.05, 0.1) is 51.1 Å². The van der Waals surface area contributed by atoms with Crippen LogP contribution < -0.4 is 10.6 Å². The minimum Gasteiger partial charge on any atom is -0.481 e. The summed E-state index contributed by atoms with van der Waals surface area (Å²) in [6.45, 7) is 2.83. The summed E-state index contributed by atoms with van der Waals surface area (Å²) in [4.78, 5) is 111. The van der Waals surface area contributed by atoms with Gasteiger partial charge in [0.2, 0.25) is 11.8 Å². The quantitative estimate of drug-likeness (QED) is 0.0603. The number of nitrogens with zero attached hydrogens (tertiary/aromatic N) is 8. The first-order valence-electron chi connectivity index (χ1n) is 20.0. The van der Waals surface area contributed by atoms with E-state index in [1.54, 1.807) is 29.4 Å². The van der Waals surface area contributed by atoms with Crippen molar-refractivity contribution >= 4 is 47.6 Å². The van der Waals surface area contributed by atoms with Crippen LogP contribution in [-0.2, 0) is 38.4 Å². The fraction of sp³-hybridized carbons (Fsp3) is 0.778. The topological polar surface area (TPSA) is 308 Å². The van der Waals surface area contributed by atoms with E-state index in [0.717, 1.165) is 0 Å². The van der Waals surface area contributed by atoms with Crippen LogP contribution in [-0.4, -0.2) is 288 Å². The Hall–Kier alpha value is -4.56. The number of aliphatic carboxylic acids is 6. The second-order valence-electron chi connectivity index (χ2n) is 15.0. The molecular weight excluding hydrogens is 796 g/mol. The van der Waals surface area contributed by atoms with Crippen molar-refractivity contribution in [1.29, 1.82) is 0 Å². The van der Waals surface area contributed by atoms with Gasteiger partial charge < -0.3 is 51.1 Å². The van der Waals surface area contributed by atoms with Crippen molar-refractivity contribution in [2.24, 2.45) is 0 Å². The molecule has 2 aliphatic rings. The number of carbonyl (C=O) groups excluding carboxylic acids is 2. The second-order valence-corrected chi connectivity index (χ2v) is 15.0. The van der Waals surface area contributed by atoms with E-state index in [9.17, 15) is 69.0 Å². The van der Waals surface area contributed by atoms with Crippen LogP contribution in [0.5, 0.6) is 0 Å². The molecule has 0 aromatic carbocycles. The van der Waals surface area contributed by atoms with Crippen molar-refractivity contribution in [2.75, 3.05) is 158 Å². The summed E-state index contributed by atoms with van der Waals surface area (Å²) in [5.74, 6) is -7.83. The van der Waals surface area contributed by atoms with Crippen molar-refractivity contribution in [2.45, 2.75) is 24.9 Å². The van der Waals surface area contributed by atoms with E-state index in [1.807, 2.05) is 0 Å². The minimum absolute atomic E-state index is 0.0472. The van der Waals surface area contributed by atoms with Crippen molar-refractivity contribution in [1.82, 2.24) is 49.8 Å². The van der Waals surface area contributed by atoms with Crippen LogP contribution in [0.15, 0.2) is 0 Å². The molecule has 8 N–H and O–H groups in total. The number of rotatable bonds is 19. The molecule has 0 saturated carbocycles. The lowest BCUT2D eigenvalue weighted by molar-refractivity contribution is -0.147. The smallest absolute Gasteiger partial charge is 0.317 e. The van der Waals surface area contributed by atoms with Gasteiger partial charge in [0, 0.05) is 132 Å². The summed E-state index contributed by atoms with van der Waals surface area (Å²) >= 11 is 0. The Bertz CT molecular complexity index is 1340. The molecule has 2 heterocycles. The molecule has 24 nitrogen and oxygen atoms in total. The lowest BCUT2D eigenvalue weighted by atomic mass is 10.1. The van der Waals surface area contributed by atoms with Crippen molar-refractivity contribution in [3.8, 4) is 0 Å². The fourth-order valence-corrected chi connectivity index (χ4v) is 7.07. The van der Waals surface area contributed by atoms with Crippen LogP contribution in [0.2, 0.25) is 0 Å². The highest BCUT2D eigenvalue weighted by Crippen LogP contribution is 2.13. The first-order valence-corrected chi connectivity index (χ1v) is 20.0. The van der Waals surface area contributed by atoms with Crippen LogP contribution >= 0.6 is 0 Å². The molecule has 2 rings (SSSR count). The number of carboxylic acid groups (broad SMARTS) is 6. The Morgan fingerprint density at radius 2 is 0.683 bits per heavy atom. The molecular formula is C36H64N10O14. The summed E-state index contributed by atoms with van der Waals surface area (Å²) in [5.41, 5.74) is 0. The molecule has 0 spiro atoms. The number of hydrogen-bond donors (Lipinski definition) is 8. The van der Waals surface area contributed by atoms with Crippen LogP contribution in [0.3, 0.4) is 0 Å². The summed E-state index contributed by atoms with van der Waals surface area (Å²) in [6.07, 6.45) is -1.13. The van der Waals surface area contributed by atoms with Gasteiger partial charge in [-0.3, -0.25) is 67.8 Å². The maximum atomic E-state index is 14.0. The van der Waals surface area contributed by atoms with Crippen molar-refractivity contribution in [3.05, 3.63) is 0 Å². The highest BCUT2D eigenvalue weighted by atomic mass is 16.4. The minimum atomic E-state index is -1.24. The van der Waals surface area contributed by atoms with Gasteiger partial charge in [-0.25, -0.2) is 0 Å². The summed E-state index contributed by atoms with van der Waals surface area (Å²) in [6, 6.07) is -2.32. The van der Waals surface area contributed by atoms with Gasteiger partial charge in [-0.15, -0.1) is 0 Å². The van der Waals surface area contributed by atoms with Crippen LogP contribution in [0.25, 0.3) is 0 Å². The Labute approximate surface area is 349 Å². The normalized spacial score (nSPS) is 19.6. The van der Waals surface area contributed by atoms with Gasteiger partial charge in [-0.1, -0.05) is 0 Å². The monoisotopic (exact) mass is 860 g/mol. The Morgan fingerprint density at radius 1 is 0.417 bits per heavy atom. The first-order chi connectivity index (χ1) is 28.4. The number of amides is 2. The van der Waals surface area contributed by atoms with E-state index < -0.39 is 72.6 Å². The molecule has 60 heavy (non-hydrogen) atoms. The number of nitrogens with one attached hydrogen (secondary N) is 2. The van der Waals surface area contributed by atoms with E-state index in [0.29, 0.717) is 39.3 Å². The van der Waals surface area contributed by atoms with Gasteiger partial charge in [-0.05, 0) is 0 Å². The average molecular weight is 861 g/mol. The lowest BCUT2D eigenvalue weighted by Gasteiger charge is -2.36. The lowest BCUT2D eigenvalue weighted by Crippen LogP contribution is -2.55. The third-order valence-electron chi connectivity index (χ3n) is 10.4. The van der Waals surface area contributed by atoms with Gasteiger partial charge in [0.15, 0.2) is 0 Å². The van der Waals surface area contributed by atoms with E-state index in [1.165, 1.54) is 23.9 Å². The molecule has 0 aliphatic carbocycles. The maximum absolute atomic E-state index is 14.0. The zero-order valence-corrected chi connectivity index (χ0v) is 34.7. The molecule has 2 saturated heterocycles. The third-order valence-corrected chi connectivity index (χ3v) is 10.4. The van der Waals surface area contributed by atoms with Gasteiger partial charge in [0.25, 0.3) is 0 Å². The Balaban J connectivity index is 2.22. The molecule has 2 fully saturated rings. The van der Waals surface area contributed by atoms with Crippen LogP contribution in [0, 0.1) is 0 Å². The zero-order chi connectivity index (χ0) is 44.8. The predicted octanol–water partition coefficient (Wildman–Crippen LogP) is -5.05. The second kappa shape index (κ2) is 27.3. The number of likely N-dealkylation sites (N-methyl/N-ethyl adjacent to an activating group) is 2. The highest BCUT2D eigenvalue weighted by Gasteiger charge is 2.34. The number of carboxylic acids is 6. The summed E-state index contributed by atoms with van der Waals surface area (Å²) in [7, 11) is 2.92. The van der Waals surface area contributed by atoms with Gasteiger partial charge in [-0.2, -0.15) is 0 Å². The Kier molecular flexibility index (Phi) is 23.5. The van der Waals surface area contributed by atoms with E-state index in [4.69, 9.17) is 0 Å². The van der Waals surface area contributed by atoms with Crippen LogP contribution in [0.4, 0.5) is 0 Å². The molecule has 0 bridgehead atoms. The highest BCUT2D eigenvalue weighted by molar-refractivity contribution is 5.87. The van der Waals surface area contributed by atoms with E-state index >= 15 is 0 Å². The summed E-state index contributed by atoms with van der Waals surface area (Å²) < 4.78 is 0. The van der Waals surface area contributed by atoms with Crippen molar-refractivity contribution < 1.29 is 69.0 Å². The number of carbonyl (C=O) groups is 8. The Morgan fingerprint density at radius 3 is 0.967 bits per heavy atom. The third kappa shape index (κ3) is 20.6. The van der Waals surface area contributed by atoms with Gasteiger partial charge in [0.1, 0.15) is 0 Å². The fourth-order valence-electron chi connectivity index (χ4n) is 7.07. The standard InChI is InChI=1S/C36H64N10O14/c1-39(35(59)27(21-29(47)48)45-9-5-37-3-7-41(23-31(51)52)13-15-43(17-19-45)25-33(55)56)11-12-40(2)36(60)28(22-30(49)50)46-10-6-38-4-8-42(24-32(53)54)14-16-44(18-20-46)26-34(57)58/h27-28,37-38H,3-26H2,1-2H3,(H,47,48)(H,49,50)(H,51,52)(H,53,54)(H,55,56)(H,57,58). The van der Waals surface area contributed by atoms with Crippen molar-refractivity contribution in [3.63, 3.8) is 0 Å². The molecule has 2 amide bonds. The number of hydrogen-bond acceptors (Lipinski definition) is 16. The largest absolute Gasteiger partial charge is 0.481 e. The molecule has 342 valence electrons. The average Bonchev–Trinajstić information content (AvgIpc) is 3.14. The predicted molar refractivity (Wildman–Crippen MR) is 213 cm³/mol. The summed E-state index contributed by atoms with van der Waals surface area (Å²) in [5, 5.41) is 63.8. The van der Waals surface area contributed by atoms with E-state index in [-0.39, 0.29) is 105 Å². The molecule has 2 unspecified atom stereocenters. The molecule has 24 heteroatoms. The maximum Gasteiger partial charge on any atom is 0.317 e. The molecule has 0 aromatic rings.